The molecule has 1 aromatic rings. The largest absolute Gasteiger partial charge is 0.478 e. The summed E-state index contributed by atoms with van der Waals surface area (Å²) in [6, 6.07) is 4.09. The minimum Gasteiger partial charge on any atom is -0.478 e. The third-order valence-corrected chi connectivity index (χ3v) is 3.35. The van der Waals surface area contributed by atoms with E-state index < -0.39 is 11.8 Å². The second-order valence-electron chi connectivity index (χ2n) is 4.39. The topological polar surface area (TPSA) is 43.8 Å². The maximum atomic E-state index is 13.9. The van der Waals surface area contributed by atoms with Gasteiger partial charge in [0.1, 0.15) is 5.82 Å². The normalized spacial score (nSPS) is 16.0. The molecule has 0 radical (unpaired) electrons. The number of likely N-dealkylation sites (N-methyl/N-ethyl adjacent to an activating group) is 1. The van der Waals surface area contributed by atoms with E-state index in [0.717, 1.165) is 38.8 Å². The molecule has 4 nitrogen and oxygen atoms in total. The molecule has 0 unspecified atom stereocenters. The summed E-state index contributed by atoms with van der Waals surface area (Å²) in [6.45, 7) is 6.49. The van der Waals surface area contributed by atoms with Crippen LogP contribution in [0.15, 0.2) is 18.2 Å². The molecule has 0 spiro atoms. The number of carboxylic acids is 1. The summed E-state index contributed by atoms with van der Waals surface area (Å²) >= 11 is 0. The van der Waals surface area contributed by atoms with Crippen molar-refractivity contribution >= 4 is 24.1 Å². The molecule has 1 N–H and O–H groups in total. The summed E-state index contributed by atoms with van der Waals surface area (Å²) in [4.78, 5) is 15.0. The van der Waals surface area contributed by atoms with E-state index in [2.05, 4.69) is 11.8 Å². The summed E-state index contributed by atoms with van der Waals surface area (Å²) in [5, 5.41) is 8.79. The number of halogens is 2. The summed E-state index contributed by atoms with van der Waals surface area (Å²) in [5.74, 6) is -1.56. The van der Waals surface area contributed by atoms with Crippen molar-refractivity contribution in [1.82, 2.24) is 4.90 Å². The van der Waals surface area contributed by atoms with Crippen molar-refractivity contribution in [2.24, 2.45) is 0 Å². The van der Waals surface area contributed by atoms with Crippen LogP contribution in [0, 0.1) is 5.82 Å². The van der Waals surface area contributed by atoms with Gasteiger partial charge in [-0.05, 0) is 24.7 Å². The van der Waals surface area contributed by atoms with Crippen molar-refractivity contribution < 1.29 is 14.3 Å². The Labute approximate surface area is 118 Å². The zero-order valence-electron chi connectivity index (χ0n) is 10.8. The first-order valence-electron chi connectivity index (χ1n) is 6.12. The molecule has 106 valence electrons. The van der Waals surface area contributed by atoms with E-state index in [-0.39, 0.29) is 18.0 Å². The monoisotopic (exact) mass is 288 g/mol. The maximum Gasteiger partial charge on any atom is 0.335 e. The molecule has 0 bridgehead atoms. The molecule has 0 aromatic heterocycles. The second kappa shape index (κ2) is 6.73. The lowest BCUT2D eigenvalue weighted by Gasteiger charge is -2.35. The molecule has 0 atom stereocenters. The number of rotatable bonds is 3. The molecule has 0 aliphatic carbocycles. The van der Waals surface area contributed by atoms with Crippen LogP contribution in [0.1, 0.15) is 17.3 Å². The highest BCUT2D eigenvalue weighted by molar-refractivity contribution is 5.88. The van der Waals surface area contributed by atoms with E-state index in [4.69, 9.17) is 5.11 Å². The molecule has 6 heteroatoms. The Morgan fingerprint density at radius 2 is 1.95 bits per heavy atom. The number of carboxylic acid groups (broad SMARTS) is 1. The van der Waals surface area contributed by atoms with Crippen LogP contribution in [-0.2, 0) is 0 Å². The predicted molar refractivity (Wildman–Crippen MR) is 74.9 cm³/mol. The lowest BCUT2D eigenvalue weighted by molar-refractivity contribution is 0.0696. The van der Waals surface area contributed by atoms with Crippen molar-refractivity contribution in [2.45, 2.75) is 6.92 Å². The van der Waals surface area contributed by atoms with Crippen molar-refractivity contribution in [3.63, 3.8) is 0 Å². The number of hydrogen-bond acceptors (Lipinski definition) is 3. The van der Waals surface area contributed by atoms with Gasteiger partial charge >= 0.3 is 5.97 Å². The van der Waals surface area contributed by atoms with Crippen LogP contribution in [0.5, 0.6) is 0 Å². The number of hydrogen-bond donors (Lipinski definition) is 1. The molecule has 2 rings (SSSR count). The smallest absolute Gasteiger partial charge is 0.335 e. The number of anilines is 1. The summed E-state index contributed by atoms with van der Waals surface area (Å²) < 4.78 is 13.9. The van der Waals surface area contributed by atoms with Crippen LogP contribution in [0.2, 0.25) is 0 Å². The predicted octanol–water partition coefficient (Wildman–Crippen LogP) is 2.09. The molecular weight excluding hydrogens is 271 g/mol. The van der Waals surface area contributed by atoms with Crippen LogP contribution in [0.3, 0.4) is 0 Å². The summed E-state index contributed by atoms with van der Waals surface area (Å²) in [5.41, 5.74) is 0.485. The van der Waals surface area contributed by atoms with E-state index in [1.807, 2.05) is 4.90 Å². The van der Waals surface area contributed by atoms with Gasteiger partial charge in [-0.2, -0.15) is 0 Å². The van der Waals surface area contributed by atoms with E-state index >= 15 is 0 Å². The van der Waals surface area contributed by atoms with E-state index in [0.29, 0.717) is 5.69 Å². The third-order valence-electron chi connectivity index (χ3n) is 3.35. The SMILES string of the molecule is CCN1CCN(c2ccc(C(=O)O)cc2F)CC1.Cl. The Bertz CT molecular complexity index is 448. The van der Waals surface area contributed by atoms with Gasteiger partial charge in [-0.3, -0.25) is 0 Å². The van der Waals surface area contributed by atoms with Gasteiger partial charge in [0.2, 0.25) is 0 Å². The lowest BCUT2D eigenvalue weighted by atomic mass is 10.1. The molecule has 0 amide bonds. The van der Waals surface area contributed by atoms with Crippen molar-refractivity contribution in [3.05, 3.63) is 29.6 Å². The fourth-order valence-corrected chi connectivity index (χ4v) is 2.20. The molecule has 1 aromatic carbocycles. The van der Waals surface area contributed by atoms with E-state index in [1.54, 1.807) is 6.07 Å². The first-order chi connectivity index (χ1) is 8.61. The quantitative estimate of drug-likeness (QED) is 0.925. The Balaban J connectivity index is 0.00000180. The van der Waals surface area contributed by atoms with Crippen LogP contribution < -0.4 is 4.90 Å². The third kappa shape index (κ3) is 3.58. The summed E-state index contributed by atoms with van der Waals surface area (Å²) in [7, 11) is 0. The standard InChI is InChI=1S/C13H17FN2O2.ClH/c1-2-15-5-7-16(8-6-15)12-4-3-10(13(17)18)9-11(12)14;/h3-4,9H,2,5-8H2,1H3,(H,17,18);1H. The molecular formula is C13H18ClFN2O2. The number of nitrogens with zero attached hydrogens (tertiary/aromatic N) is 2. The Morgan fingerprint density at radius 3 is 2.42 bits per heavy atom. The minimum atomic E-state index is -1.10. The van der Waals surface area contributed by atoms with Crippen molar-refractivity contribution in [2.75, 3.05) is 37.6 Å². The average molecular weight is 289 g/mol. The molecule has 19 heavy (non-hydrogen) atoms. The van der Waals surface area contributed by atoms with Crippen LogP contribution >= 0.6 is 12.4 Å². The number of aromatic carboxylic acids is 1. The van der Waals surface area contributed by atoms with Crippen LogP contribution in [0.4, 0.5) is 10.1 Å². The number of benzene rings is 1. The zero-order chi connectivity index (χ0) is 13.1. The van der Waals surface area contributed by atoms with Gasteiger partial charge < -0.3 is 14.9 Å². The van der Waals surface area contributed by atoms with Gasteiger partial charge in [-0.25, -0.2) is 9.18 Å². The van der Waals surface area contributed by atoms with Gasteiger partial charge in [0, 0.05) is 26.2 Å². The van der Waals surface area contributed by atoms with Crippen LogP contribution in [-0.4, -0.2) is 48.7 Å². The minimum absolute atomic E-state index is 0. The number of carbonyl (C=O) groups is 1. The van der Waals surface area contributed by atoms with Crippen molar-refractivity contribution in [1.29, 1.82) is 0 Å². The van der Waals surface area contributed by atoms with E-state index in [9.17, 15) is 9.18 Å². The lowest BCUT2D eigenvalue weighted by Crippen LogP contribution is -2.46. The zero-order valence-corrected chi connectivity index (χ0v) is 11.6. The Hall–Kier alpha value is -1.33. The number of piperazine rings is 1. The maximum absolute atomic E-state index is 13.9. The molecule has 1 aliphatic rings. The van der Waals surface area contributed by atoms with Gasteiger partial charge in [-0.15, -0.1) is 12.4 Å². The highest BCUT2D eigenvalue weighted by Gasteiger charge is 2.19. The molecule has 1 fully saturated rings. The Kier molecular flexibility index (Phi) is 5.57. The fourth-order valence-electron chi connectivity index (χ4n) is 2.20. The van der Waals surface area contributed by atoms with Crippen LogP contribution in [0.25, 0.3) is 0 Å². The molecule has 0 saturated carbocycles. The van der Waals surface area contributed by atoms with Gasteiger partial charge in [0.25, 0.3) is 0 Å². The second-order valence-corrected chi connectivity index (χ2v) is 4.39. The van der Waals surface area contributed by atoms with Gasteiger partial charge in [0.15, 0.2) is 0 Å². The molecule has 1 heterocycles. The highest BCUT2D eigenvalue weighted by Crippen LogP contribution is 2.22. The summed E-state index contributed by atoms with van der Waals surface area (Å²) in [6.07, 6.45) is 0. The Morgan fingerprint density at radius 1 is 1.32 bits per heavy atom. The molecule has 1 aliphatic heterocycles. The fraction of sp³-hybridized carbons (Fsp3) is 0.462. The van der Waals surface area contributed by atoms with Crippen molar-refractivity contribution in [3.8, 4) is 0 Å². The molecule has 1 saturated heterocycles. The van der Waals surface area contributed by atoms with E-state index in [1.165, 1.54) is 6.07 Å². The first-order valence-corrected chi connectivity index (χ1v) is 6.12. The first kappa shape index (κ1) is 15.7. The van der Waals surface area contributed by atoms with Gasteiger partial charge in [0.05, 0.1) is 11.3 Å². The average Bonchev–Trinajstić information content (AvgIpc) is 2.38. The highest BCUT2D eigenvalue weighted by atomic mass is 35.5. The van der Waals surface area contributed by atoms with Gasteiger partial charge in [-0.1, -0.05) is 6.92 Å².